The van der Waals surface area contributed by atoms with Gasteiger partial charge < -0.3 is 10.2 Å². The summed E-state index contributed by atoms with van der Waals surface area (Å²) in [7, 11) is 0. The Morgan fingerprint density at radius 2 is 2.08 bits per heavy atom. The van der Waals surface area contributed by atoms with E-state index in [0.29, 0.717) is 11.3 Å². The number of nitrogens with zero attached hydrogens (tertiary/aromatic N) is 2. The summed E-state index contributed by atoms with van der Waals surface area (Å²) < 4.78 is 0. The van der Waals surface area contributed by atoms with Gasteiger partial charge in [-0.1, -0.05) is 29.8 Å². The number of amides is 2. The first-order valence-corrected chi connectivity index (χ1v) is 9.18. The topological polar surface area (TPSA) is 92.5 Å². The number of halogens is 1. The summed E-state index contributed by atoms with van der Waals surface area (Å²) in [5.41, 5.74) is 1.51. The van der Waals surface area contributed by atoms with Crippen molar-refractivity contribution in [2.45, 2.75) is 11.4 Å². The molecule has 7 nitrogen and oxygen atoms in total. The van der Waals surface area contributed by atoms with Crippen molar-refractivity contribution in [1.82, 2.24) is 4.90 Å². The summed E-state index contributed by atoms with van der Waals surface area (Å²) in [6.07, 6.45) is 0. The minimum absolute atomic E-state index is 0.00495. The van der Waals surface area contributed by atoms with Gasteiger partial charge in [-0.15, -0.1) is 11.8 Å². The third-order valence-corrected chi connectivity index (χ3v) is 6.03. The lowest BCUT2D eigenvalue weighted by Crippen LogP contribution is -2.42. The number of nitrogens with one attached hydrogen (secondary N) is 1. The van der Waals surface area contributed by atoms with E-state index in [0.717, 1.165) is 5.56 Å². The number of fused-ring (bicyclic) bond motifs is 3. The molecule has 26 heavy (non-hydrogen) atoms. The van der Waals surface area contributed by atoms with Crippen molar-refractivity contribution < 1.29 is 14.5 Å². The highest BCUT2D eigenvalue weighted by molar-refractivity contribution is 7.99. The average Bonchev–Trinajstić information content (AvgIpc) is 3.17. The highest BCUT2D eigenvalue weighted by Gasteiger charge is 2.48. The van der Waals surface area contributed by atoms with Crippen molar-refractivity contribution >= 4 is 46.6 Å². The Labute approximate surface area is 157 Å². The molecule has 2 aliphatic rings. The van der Waals surface area contributed by atoms with E-state index < -0.39 is 11.0 Å². The molecule has 2 heterocycles. The molecule has 9 heteroatoms. The lowest BCUT2D eigenvalue weighted by Gasteiger charge is -2.22. The van der Waals surface area contributed by atoms with Crippen LogP contribution in [0.2, 0.25) is 5.02 Å². The van der Waals surface area contributed by atoms with Crippen LogP contribution >= 0.6 is 23.4 Å². The minimum atomic E-state index is -0.639. The quantitative estimate of drug-likeness (QED) is 0.641. The summed E-state index contributed by atoms with van der Waals surface area (Å²) >= 11 is 7.32. The van der Waals surface area contributed by atoms with Gasteiger partial charge in [0.15, 0.2) is 0 Å². The van der Waals surface area contributed by atoms with Crippen LogP contribution in [-0.2, 0) is 4.79 Å². The van der Waals surface area contributed by atoms with Crippen molar-refractivity contribution in [3.05, 3.63) is 68.7 Å². The molecule has 132 valence electrons. The van der Waals surface area contributed by atoms with Crippen LogP contribution in [-0.4, -0.2) is 33.4 Å². The Morgan fingerprint density at radius 3 is 2.85 bits per heavy atom. The van der Waals surface area contributed by atoms with Gasteiger partial charge in [0.25, 0.3) is 11.6 Å². The van der Waals surface area contributed by atoms with Crippen molar-refractivity contribution in [2.24, 2.45) is 0 Å². The molecule has 2 atom stereocenters. The Kier molecular flexibility index (Phi) is 4.08. The predicted octanol–water partition coefficient (Wildman–Crippen LogP) is 3.46. The molecule has 1 N–H and O–H groups in total. The number of hydrogen-bond donors (Lipinski definition) is 1. The zero-order chi connectivity index (χ0) is 18.4. The molecule has 0 aliphatic carbocycles. The second kappa shape index (κ2) is 6.30. The van der Waals surface area contributed by atoms with E-state index >= 15 is 0 Å². The molecule has 0 radical (unpaired) electrons. The van der Waals surface area contributed by atoms with Crippen molar-refractivity contribution in [3.63, 3.8) is 0 Å². The number of benzene rings is 2. The second-order valence-corrected chi connectivity index (χ2v) is 7.43. The maximum atomic E-state index is 12.7. The van der Waals surface area contributed by atoms with Gasteiger partial charge in [0.05, 0.1) is 4.92 Å². The minimum Gasteiger partial charge on any atom is -0.324 e. The summed E-state index contributed by atoms with van der Waals surface area (Å²) in [5.74, 6) is -0.0812. The predicted molar refractivity (Wildman–Crippen MR) is 98.3 cm³/mol. The smallest absolute Gasteiger partial charge is 0.289 e. The number of thioether (sulfide) groups is 1. The SMILES string of the molecule is O=C(Nc1ccc(Cl)c([N+](=O)[O-])c1)[C@H]1CS[C@H]2c3ccccc3C(=O)N12. The first kappa shape index (κ1) is 16.9. The molecule has 2 amide bonds. The third kappa shape index (κ3) is 2.62. The Bertz CT molecular complexity index is 951. The average molecular weight is 390 g/mol. The van der Waals surface area contributed by atoms with Gasteiger partial charge in [-0.2, -0.15) is 0 Å². The standard InChI is InChI=1S/C17H12ClN3O4S/c18-12-6-5-9(7-13(12)21(24)25)19-15(22)14-8-26-17-11-4-2-1-3-10(11)16(23)20(14)17/h1-7,14,17H,8H2,(H,19,22)/t14-,17+/m1/s1. The summed E-state index contributed by atoms with van der Waals surface area (Å²) in [5, 5.41) is 13.5. The van der Waals surface area contributed by atoms with E-state index in [2.05, 4.69) is 5.32 Å². The fraction of sp³-hybridized carbons (Fsp3) is 0.176. The van der Waals surface area contributed by atoms with Crippen LogP contribution < -0.4 is 5.32 Å². The fourth-order valence-electron chi connectivity index (χ4n) is 3.20. The molecule has 0 aromatic heterocycles. The van der Waals surface area contributed by atoms with E-state index in [-0.39, 0.29) is 33.6 Å². The van der Waals surface area contributed by atoms with E-state index in [1.165, 1.54) is 30.0 Å². The van der Waals surface area contributed by atoms with Gasteiger partial charge in [0.1, 0.15) is 16.4 Å². The molecular weight excluding hydrogens is 378 g/mol. The third-order valence-electron chi connectivity index (χ3n) is 4.41. The maximum Gasteiger partial charge on any atom is 0.289 e. The van der Waals surface area contributed by atoms with E-state index in [9.17, 15) is 19.7 Å². The molecule has 1 fully saturated rings. The van der Waals surface area contributed by atoms with Crippen LogP contribution in [0.25, 0.3) is 0 Å². The van der Waals surface area contributed by atoms with Crippen LogP contribution in [0.1, 0.15) is 21.3 Å². The zero-order valence-corrected chi connectivity index (χ0v) is 14.8. The van der Waals surface area contributed by atoms with Crippen molar-refractivity contribution in [1.29, 1.82) is 0 Å². The molecule has 1 saturated heterocycles. The maximum absolute atomic E-state index is 12.7. The molecule has 2 aliphatic heterocycles. The summed E-state index contributed by atoms with van der Waals surface area (Å²) in [6.45, 7) is 0. The molecule has 0 spiro atoms. The summed E-state index contributed by atoms with van der Waals surface area (Å²) in [4.78, 5) is 37.3. The normalized spacial score (nSPS) is 20.7. The van der Waals surface area contributed by atoms with Crippen LogP contribution in [0.3, 0.4) is 0 Å². The summed E-state index contributed by atoms with van der Waals surface area (Å²) in [6, 6.07) is 10.7. The number of nitro groups is 1. The Balaban J connectivity index is 1.57. The van der Waals surface area contributed by atoms with Crippen molar-refractivity contribution in [2.75, 3.05) is 11.1 Å². The van der Waals surface area contributed by atoms with Gasteiger partial charge in [-0.25, -0.2) is 0 Å². The van der Waals surface area contributed by atoms with E-state index in [1.807, 2.05) is 12.1 Å². The number of rotatable bonds is 3. The number of carbonyl (C=O) groups excluding carboxylic acids is 2. The Hall–Kier alpha value is -2.58. The van der Waals surface area contributed by atoms with Gasteiger partial charge >= 0.3 is 0 Å². The highest BCUT2D eigenvalue weighted by Crippen LogP contribution is 2.48. The first-order valence-electron chi connectivity index (χ1n) is 7.75. The van der Waals surface area contributed by atoms with E-state index in [1.54, 1.807) is 17.0 Å². The van der Waals surface area contributed by atoms with E-state index in [4.69, 9.17) is 11.6 Å². The number of nitro benzene ring substituents is 1. The molecule has 2 aromatic carbocycles. The number of carbonyl (C=O) groups is 2. The van der Waals surface area contributed by atoms with Gasteiger partial charge in [-0.05, 0) is 23.8 Å². The van der Waals surface area contributed by atoms with Crippen LogP contribution in [0, 0.1) is 10.1 Å². The molecule has 4 rings (SSSR count). The monoisotopic (exact) mass is 389 g/mol. The molecule has 2 aromatic rings. The molecular formula is C17H12ClN3O4S. The highest BCUT2D eigenvalue weighted by atomic mass is 35.5. The number of hydrogen-bond acceptors (Lipinski definition) is 5. The fourth-order valence-corrected chi connectivity index (χ4v) is 4.85. The number of anilines is 1. The van der Waals surface area contributed by atoms with Gasteiger partial charge in [0.2, 0.25) is 5.91 Å². The molecule has 0 bridgehead atoms. The zero-order valence-electron chi connectivity index (χ0n) is 13.2. The largest absolute Gasteiger partial charge is 0.324 e. The van der Waals surface area contributed by atoms with Crippen LogP contribution in [0.5, 0.6) is 0 Å². The van der Waals surface area contributed by atoms with Gasteiger partial charge in [0, 0.05) is 23.1 Å². The van der Waals surface area contributed by atoms with Crippen LogP contribution in [0.15, 0.2) is 42.5 Å². The van der Waals surface area contributed by atoms with Crippen LogP contribution in [0.4, 0.5) is 11.4 Å². The lowest BCUT2D eigenvalue weighted by atomic mass is 10.1. The molecule has 0 saturated carbocycles. The van der Waals surface area contributed by atoms with Gasteiger partial charge in [-0.3, -0.25) is 19.7 Å². The second-order valence-electron chi connectivity index (χ2n) is 5.91. The first-order chi connectivity index (χ1) is 12.5. The van der Waals surface area contributed by atoms with Crippen molar-refractivity contribution in [3.8, 4) is 0 Å². The lowest BCUT2D eigenvalue weighted by molar-refractivity contribution is -0.384. The molecule has 0 unspecified atom stereocenters. The Morgan fingerprint density at radius 1 is 1.31 bits per heavy atom.